The van der Waals surface area contributed by atoms with Gasteiger partial charge in [-0.1, -0.05) is 0 Å². The second-order valence-corrected chi connectivity index (χ2v) is 5.50. The van der Waals surface area contributed by atoms with Gasteiger partial charge in [0.1, 0.15) is 10.6 Å². The van der Waals surface area contributed by atoms with E-state index in [9.17, 15) is 4.39 Å². The van der Waals surface area contributed by atoms with Crippen molar-refractivity contribution in [3.05, 3.63) is 47.4 Å². The van der Waals surface area contributed by atoms with Crippen LogP contribution in [0.15, 0.2) is 35.7 Å². The highest BCUT2D eigenvalue weighted by atomic mass is 32.1. The quantitative estimate of drug-likeness (QED) is 0.573. The lowest BCUT2D eigenvalue weighted by Gasteiger charge is -2.18. The minimum atomic E-state index is -0.252. The van der Waals surface area contributed by atoms with Gasteiger partial charge in [-0.15, -0.1) is 11.3 Å². The van der Waals surface area contributed by atoms with Crippen LogP contribution >= 0.6 is 11.3 Å². The van der Waals surface area contributed by atoms with Gasteiger partial charge >= 0.3 is 0 Å². The Hall–Kier alpha value is -2.25. The van der Waals surface area contributed by atoms with Gasteiger partial charge in [0.15, 0.2) is 11.6 Å². The lowest BCUT2D eigenvalue weighted by molar-refractivity contribution is 0.627. The average Bonchev–Trinajstić information content (AvgIpc) is 2.95. The predicted octanol–water partition coefficient (Wildman–Crippen LogP) is 2.75. The van der Waals surface area contributed by atoms with E-state index >= 15 is 0 Å². The molecule has 21 heavy (non-hydrogen) atoms. The van der Waals surface area contributed by atoms with E-state index in [1.807, 2.05) is 23.4 Å². The molecule has 0 spiro atoms. The number of nitrogens with one attached hydrogen (secondary N) is 1. The maximum absolute atomic E-state index is 13.0. The normalized spacial score (nSPS) is 10.8. The summed E-state index contributed by atoms with van der Waals surface area (Å²) in [6, 6.07) is 8.24. The minimum Gasteiger partial charge on any atom is -0.367 e. The molecule has 0 aliphatic heterocycles. The van der Waals surface area contributed by atoms with Crippen LogP contribution < -0.4 is 16.2 Å². The Morgan fingerprint density at radius 2 is 2.00 bits per heavy atom. The molecule has 108 valence electrons. The highest BCUT2D eigenvalue weighted by Crippen LogP contribution is 2.25. The first-order valence-corrected chi connectivity index (χ1v) is 7.23. The van der Waals surface area contributed by atoms with Crippen LogP contribution in [0.25, 0.3) is 10.2 Å². The molecular formula is C14H14FN5S. The number of fused-ring (bicyclic) bond motifs is 1. The van der Waals surface area contributed by atoms with Gasteiger partial charge in [0, 0.05) is 12.7 Å². The van der Waals surface area contributed by atoms with Crippen LogP contribution in [-0.2, 0) is 6.54 Å². The van der Waals surface area contributed by atoms with E-state index in [-0.39, 0.29) is 5.82 Å². The Kier molecular flexibility index (Phi) is 3.68. The Balaban J connectivity index is 1.88. The van der Waals surface area contributed by atoms with E-state index in [2.05, 4.69) is 15.4 Å². The zero-order valence-electron chi connectivity index (χ0n) is 11.4. The molecule has 0 aliphatic rings. The Bertz CT molecular complexity index is 756. The number of nitrogens with zero attached hydrogens (tertiary/aromatic N) is 3. The van der Waals surface area contributed by atoms with Crippen molar-refractivity contribution in [2.24, 2.45) is 5.84 Å². The van der Waals surface area contributed by atoms with E-state index in [1.165, 1.54) is 12.1 Å². The number of hydrogen-bond acceptors (Lipinski definition) is 6. The third-order valence-corrected chi connectivity index (χ3v) is 3.96. The highest BCUT2D eigenvalue weighted by molar-refractivity contribution is 7.16. The van der Waals surface area contributed by atoms with E-state index in [0.717, 1.165) is 15.9 Å². The van der Waals surface area contributed by atoms with Crippen LogP contribution in [0.3, 0.4) is 0 Å². The van der Waals surface area contributed by atoms with Crippen LogP contribution in [0.1, 0.15) is 5.82 Å². The molecule has 0 fully saturated rings. The van der Waals surface area contributed by atoms with Crippen molar-refractivity contribution in [2.45, 2.75) is 6.54 Å². The fourth-order valence-electron chi connectivity index (χ4n) is 2.08. The number of aromatic nitrogens is 2. The van der Waals surface area contributed by atoms with Gasteiger partial charge in [-0.3, -0.25) is 0 Å². The SMILES string of the molecule is CN(Cc1nc(NN)c2ccsc2n1)c1ccc(F)cc1. The highest BCUT2D eigenvalue weighted by Gasteiger charge is 2.10. The van der Waals surface area contributed by atoms with Gasteiger partial charge in [0.05, 0.1) is 11.9 Å². The fraction of sp³-hybridized carbons (Fsp3) is 0.143. The minimum absolute atomic E-state index is 0.252. The van der Waals surface area contributed by atoms with Crippen LogP contribution in [0, 0.1) is 5.82 Å². The Morgan fingerprint density at radius 3 is 2.71 bits per heavy atom. The molecule has 0 aliphatic carbocycles. The Morgan fingerprint density at radius 1 is 1.24 bits per heavy atom. The number of benzene rings is 1. The molecule has 2 aromatic heterocycles. The van der Waals surface area contributed by atoms with Crippen molar-refractivity contribution in [1.29, 1.82) is 0 Å². The summed E-state index contributed by atoms with van der Waals surface area (Å²) in [7, 11) is 1.91. The molecule has 0 bridgehead atoms. The lowest BCUT2D eigenvalue weighted by Crippen LogP contribution is -2.19. The van der Waals surface area contributed by atoms with Gasteiger partial charge in [-0.05, 0) is 35.7 Å². The molecule has 2 heterocycles. The molecule has 0 radical (unpaired) electrons. The molecule has 3 N–H and O–H groups in total. The van der Waals surface area contributed by atoms with E-state index in [0.29, 0.717) is 18.2 Å². The van der Waals surface area contributed by atoms with Crippen molar-refractivity contribution in [1.82, 2.24) is 9.97 Å². The van der Waals surface area contributed by atoms with Crippen molar-refractivity contribution >= 4 is 33.1 Å². The lowest BCUT2D eigenvalue weighted by atomic mass is 10.3. The number of nitrogen functional groups attached to an aromatic ring is 1. The molecule has 0 saturated carbocycles. The molecule has 0 amide bonds. The van der Waals surface area contributed by atoms with Crippen LogP contribution in [-0.4, -0.2) is 17.0 Å². The first kappa shape index (κ1) is 13.7. The van der Waals surface area contributed by atoms with Gasteiger partial charge in [0.25, 0.3) is 0 Å². The summed E-state index contributed by atoms with van der Waals surface area (Å²) in [6.07, 6.45) is 0. The van der Waals surface area contributed by atoms with Gasteiger partial charge < -0.3 is 10.3 Å². The molecule has 0 unspecified atom stereocenters. The van der Waals surface area contributed by atoms with E-state index < -0.39 is 0 Å². The number of halogens is 1. The number of thiophene rings is 1. The summed E-state index contributed by atoms with van der Waals surface area (Å²) in [6.45, 7) is 0.508. The fourth-order valence-corrected chi connectivity index (χ4v) is 2.86. The van der Waals surface area contributed by atoms with Crippen molar-refractivity contribution < 1.29 is 4.39 Å². The van der Waals surface area contributed by atoms with Gasteiger partial charge in [-0.25, -0.2) is 20.2 Å². The molecule has 1 aromatic carbocycles. The number of hydrogen-bond donors (Lipinski definition) is 2. The van der Waals surface area contributed by atoms with Crippen molar-refractivity contribution in [2.75, 3.05) is 17.4 Å². The molecule has 0 atom stereocenters. The molecule has 0 saturated heterocycles. The standard InChI is InChI=1S/C14H14FN5S/c1-20(10-4-2-9(15)3-5-10)8-12-17-13(19-16)11-6-7-21-14(11)18-12/h2-7H,8,16H2,1H3,(H,17,18,19). The topological polar surface area (TPSA) is 67.1 Å². The van der Waals surface area contributed by atoms with Gasteiger partial charge in [0.2, 0.25) is 0 Å². The second kappa shape index (κ2) is 5.63. The van der Waals surface area contributed by atoms with Crippen LogP contribution in [0.5, 0.6) is 0 Å². The second-order valence-electron chi connectivity index (χ2n) is 4.60. The largest absolute Gasteiger partial charge is 0.367 e. The van der Waals surface area contributed by atoms with Crippen LogP contribution in [0.4, 0.5) is 15.9 Å². The maximum atomic E-state index is 13.0. The number of hydrazine groups is 1. The van der Waals surface area contributed by atoms with Crippen molar-refractivity contribution in [3.8, 4) is 0 Å². The summed E-state index contributed by atoms with van der Waals surface area (Å²) < 4.78 is 13.0. The molecule has 3 rings (SSSR count). The van der Waals surface area contributed by atoms with Crippen LogP contribution in [0.2, 0.25) is 0 Å². The molecular weight excluding hydrogens is 289 g/mol. The summed E-state index contributed by atoms with van der Waals surface area (Å²) >= 11 is 1.54. The summed E-state index contributed by atoms with van der Waals surface area (Å²) in [5, 5.41) is 2.86. The van der Waals surface area contributed by atoms with Crippen molar-refractivity contribution in [3.63, 3.8) is 0 Å². The first-order valence-electron chi connectivity index (χ1n) is 6.35. The smallest absolute Gasteiger partial charge is 0.152 e. The molecule has 3 aromatic rings. The number of anilines is 2. The monoisotopic (exact) mass is 303 g/mol. The average molecular weight is 303 g/mol. The zero-order chi connectivity index (χ0) is 14.8. The number of rotatable bonds is 4. The predicted molar refractivity (Wildman–Crippen MR) is 83.7 cm³/mol. The zero-order valence-corrected chi connectivity index (χ0v) is 12.2. The van der Waals surface area contributed by atoms with Gasteiger partial charge in [-0.2, -0.15) is 0 Å². The maximum Gasteiger partial charge on any atom is 0.152 e. The third-order valence-electron chi connectivity index (χ3n) is 3.15. The summed E-state index contributed by atoms with van der Waals surface area (Å²) in [5.74, 6) is 6.53. The van der Waals surface area contributed by atoms with E-state index in [4.69, 9.17) is 5.84 Å². The number of nitrogens with two attached hydrogens (primary N) is 1. The van der Waals surface area contributed by atoms with E-state index in [1.54, 1.807) is 23.5 Å². The first-order chi connectivity index (χ1) is 10.2. The Labute approximate surface area is 125 Å². The third kappa shape index (κ3) is 2.79. The summed E-state index contributed by atoms with van der Waals surface area (Å²) in [5.41, 5.74) is 3.50. The molecule has 7 heteroatoms. The summed E-state index contributed by atoms with van der Waals surface area (Å²) in [4.78, 5) is 11.8. The molecule has 5 nitrogen and oxygen atoms in total.